The van der Waals surface area contributed by atoms with Gasteiger partial charge in [-0.25, -0.2) is 13.6 Å². The molecule has 4 nitrogen and oxygen atoms in total. The van der Waals surface area contributed by atoms with Gasteiger partial charge < -0.3 is 15.4 Å². The van der Waals surface area contributed by atoms with Gasteiger partial charge in [0, 0.05) is 17.3 Å². The molecule has 0 aromatic heterocycles. The van der Waals surface area contributed by atoms with Gasteiger partial charge in [0.05, 0.1) is 17.7 Å². The maximum atomic E-state index is 14.1. The van der Waals surface area contributed by atoms with Crippen LogP contribution in [0, 0.1) is 11.6 Å². The fourth-order valence-electron chi connectivity index (χ4n) is 2.21. The first-order valence-corrected chi connectivity index (χ1v) is 7.14. The quantitative estimate of drug-likeness (QED) is 0.661. The number of hydrogen-bond donors (Lipinski definition) is 2. The molecule has 118 valence electrons. The zero-order chi connectivity index (χ0) is 16.4. The molecular formula is C15H16F2N2O2S. The van der Waals surface area contributed by atoms with E-state index in [4.69, 9.17) is 17.0 Å². The SMILES string of the molecule is CC1=C(C(=O)OC(C)C)[C@H](c2ccc(F)cc2F)NC(=S)N1. The fraction of sp³-hybridized carbons (Fsp3) is 0.333. The molecule has 0 amide bonds. The molecule has 0 saturated carbocycles. The molecule has 0 aliphatic carbocycles. The van der Waals surface area contributed by atoms with Crippen molar-refractivity contribution in [3.8, 4) is 0 Å². The molecule has 0 radical (unpaired) electrons. The Morgan fingerprint density at radius 1 is 1.36 bits per heavy atom. The van der Waals surface area contributed by atoms with Gasteiger partial charge >= 0.3 is 5.97 Å². The lowest BCUT2D eigenvalue weighted by atomic mass is 9.95. The Kier molecular flexibility index (Phi) is 4.75. The highest BCUT2D eigenvalue weighted by Gasteiger charge is 2.33. The predicted octanol–water partition coefficient (Wildman–Crippen LogP) is 2.71. The summed E-state index contributed by atoms with van der Waals surface area (Å²) in [7, 11) is 0. The van der Waals surface area contributed by atoms with E-state index in [2.05, 4.69) is 10.6 Å². The molecule has 0 bridgehead atoms. The number of thiocarbonyl (C=S) groups is 1. The molecule has 0 unspecified atom stereocenters. The maximum Gasteiger partial charge on any atom is 0.338 e. The minimum Gasteiger partial charge on any atom is -0.459 e. The monoisotopic (exact) mass is 326 g/mol. The number of ether oxygens (including phenoxy) is 1. The molecule has 1 aliphatic heterocycles. The van der Waals surface area contributed by atoms with Crippen molar-refractivity contribution < 1.29 is 18.3 Å². The molecule has 0 spiro atoms. The number of benzene rings is 1. The van der Waals surface area contributed by atoms with Crippen LogP contribution in [-0.4, -0.2) is 17.2 Å². The van der Waals surface area contributed by atoms with Crippen LogP contribution in [0.2, 0.25) is 0 Å². The van der Waals surface area contributed by atoms with Crippen molar-refractivity contribution in [3.63, 3.8) is 0 Å². The van der Waals surface area contributed by atoms with E-state index in [-0.39, 0.29) is 22.4 Å². The maximum absolute atomic E-state index is 14.1. The van der Waals surface area contributed by atoms with Gasteiger partial charge in [-0.1, -0.05) is 6.07 Å². The van der Waals surface area contributed by atoms with Gasteiger partial charge in [0.1, 0.15) is 11.6 Å². The van der Waals surface area contributed by atoms with Crippen molar-refractivity contribution in [3.05, 3.63) is 46.7 Å². The first-order chi connectivity index (χ1) is 10.3. The summed E-state index contributed by atoms with van der Waals surface area (Å²) in [6, 6.07) is 2.35. The van der Waals surface area contributed by atoms with E-state index in [0.717, 1.165) is 12.1 Å². The number of halogens is 2. The van der Waals surface area contributed by atoms with Gasteiger partial charge in [-0.3, -0.25) is 0 Å². The number of nitrogens with one attached hydrogen (secondary N) is 2. The average Bonchev–Trinajstić information content (AvgIpc) is 2.36. The average molecular weight is 326 g/mol. The minimum absolute atomic E-state index is 0.125. The Morgan fingerprint density at radius 2 is 2.05 bits per heavy atom. The number of hydrogen-bond acceptors (Lipinski definition) is 3. The van der Waals surface area contributed by atoms with Crippen molar-refractivity contribution >= 4 is 23.3 Å². The zero-order valence-electron chi connectivity index (χ0n) is 12.4. The highest BCUT2D eigenvalue weighted by Crippen LogP contribution is 2.29. The lowest BCUT2D eigenvalue weighted by Crippen LogP contribution is -2.45. The second-order valence-electron chi connectivity index (χ2n) is 5.19. The standard InChI is InChI=1S/C15H16F2N2O2S/c1-7(2)21-14(20)12-8(3)18-15(22)19-13(12)10-5-4-9(16)6-11(10)17/h4-7,13H,1-3H3,(H2,18,19,22)/t13-/m0/s1. The van der Waals surface area contributed by atoms with Crippen molar-refractivity contribution in [2.45, 2.75) is 32.9 Å². The Bertz CT molecular complexity index is 659. The Balaban J connectivity index is 2.48. The van der Waals surface area contributed by atoms with Crippen LogP contribution in [0.1, 0.15) is 32.4 Å². The highest BCUT2D eigenvalue weighted by molar-refractivity contribution is 7.80. The van der Waals surface area contributed by atoms with Gasteiger partial charge in [0.15, 0.2) is 5.11 Å². The van der Waals surface area contributed by atoms with Crippen LogP contribution in [0.4, 0.5) is 8.78 Å². The smallest absolute Gasteiger partial charge is 0.338 e. The summed E-state index contributed by atoms with van der Waals surface area (Å²) < 4.78 is 32.4. The predicted molar refractivity (Wildman–Crippen MR) is 81.9 cm³/mol. The second-order valence-corrected chi connectivity index (χ2v) is 5.60. The molecule has 7 heteroatoms. The van der Waals surface area contributed by atoms with Gasteiger partial charge in [-0.2, -0.15) is 0 Å². The molecule has 1 aliphatic rings. The van der Waals surface area contributed by atoms with Crippen molar-refractivity contribution in [1.29, 1.82) is 0 Å². The van der Waals surface area contributed by atoms with Crippen LogP contribution in [0.5, 0.6) is 0 Å². The van der Waals surface area contributed by atoms with Crippen LogP contribution in [-0.2, 0) is 9.53 Å². The van der Waals surface area contributed by atoms with E-state index in [1.54, 1.807) is 20.8 Å². The first kappa shape index (κ1) is 16.4. The Labute approximate surface area is 132 Å². The number of carbonyl (C=O) groups excluding carboxylic acids is 1. The molecule has 1 atom stereocenters. The van der Waals surface area contributed by atoms with Gasteiger partial charge in [0.25, 0.3) is 0 Å². The van der Waals surface area contributed by atoms with Gasteiger partial charge in [-0.15, -0.1) is 0 Å². The van der Waals surface area contributed by atoms with Crippen molar-refractivity contribution in [1.82, 2.24) is 10.6 Å². The number of esters is 1. The fourth-order valence-corrected chi connectivity index (χ4v) is 2.48. The number of allylic oxidation sites excluding steroid dienone is 1. The lowest BCUT2D eigenvalue weighted by molar-refractivity contribution is -0.143. The summed E-state index contributed by atoms with van der Waals surface area (Å²) in [5.41, 5.74) is 0.816. The third-order valence-corrected chi connectivity index (χ3v) is 3.33. The van der Waals surface area contributed by atoms with E-state index < -0.39 is 23.6 Å². The molecule has 2 rings (SSSR count). The molecule has 2 N–H and O–H groups in total. The Morgan fingerprint density at radius 3 is 2.64 bits per heavy atom. The summed E-state index contributed by atoms with van der Waals surface area (Å²) in [6.45, 7) is 5.09. The molecule has 0 fully saturated rings. The van der Waals surface area contributed by atoms with Crippen molar-refractivity contribution in [2.24, 2.45) is 0 Å². The Hall–Kier alpha value is -2.02. The van der Waals surface area contributed by atoms with Gasteiger partial charge in [0.2, 0.25) is 0 Å². The first-order valence-electron chi connectivity index (χ1n) is 6.73. The number of carbonyl (C=O) groups is 1. The molecular weight excluding hydrogens is 310 g/mol. The second kappa shape index (κ2) is 6.39. The summed E-state index contributed by atoms with van der Waals surface area (Å²) in [4.78, 5) is 12.3. The largest absolute Gasteiger partial charge is 0.459 e. The van der Waals surface area contributed by atoms with Crippen LogP contribution in [0.25, 0.3) is 0 Å². The van der Waals surface area contributed by atoms with Crippen LogP contribution >= 0.6 is 12.2 Å². The third-order valence-electron chi connectivity index (χ3n) is 3.11. The van der Waals surface area contributed by atoms with Crippen LogP contribution in [0.3, 0.4) is 0 Å². The third kappa shape index (κ3) is 3.41. The topological polar surface area (TPSA) is 50.4 Å². The summed E-state index contributed by atoms with van der Waals surface area (Å²) in [6.07, 6.45) is -0.319. The lowest BCUT2D eigenvalue weighted by Gasteiger charge is -2.30. The molecule has 1 heterocycles. The van der Waals surface area contributed by atoms with Crippen LogP contribution < -0.4 is 10.6 Å². The summed E-state index contributed by atoms with van der Waals surface area (Å²) in [5.74, 6) is -2.03. The zero-order valence-corrected chi connectivity index (χ0v) is 13.2. The van der Waals surface area contributed by atoms with E-state index in [0.29, 0.717) is 5.70 Å². The van der Waals surface area contributed by atoms with Crippen molar-refractivity contribution in [2.75, 3.05) is 0 Å². The summed E-state index contributed by atoms with van der Waals surface area (Å²) >= 11 is 5.05. The molecule has 1 aromatic carbocycles. The van der Waals surface area contributed by atoms with Crippen LogP contribution in [0.15, 0.2) is 29.5 Å². The molecule has 1 aromatic rings. The van der Waals surface area contributed by atoms with E-state index in [1.165, 1.54) is 6.07 Å². The normalized spacial score (nSPS) is 18.1. The van der Waals surface area contributed by atoms with Gasteiger partial charge in [-0.05, 0) is 39.1 Å². The van der Waals surface area contributed by atoms with E-state index >= 15 is 0 Å². The molecule has 0 saturated heterocycles. The summed E-state index contributed by atoms with van der Waals surface area (Å²) in [5, 5.41) is 5.90. The number of rotatable bonds is 3. The molecule has 22 heavy (non-hydrogen) atoms. The van der Waals surface area contributed by atoms with E-state index in [1.807, 2.05) is 0 Å². The van der Waals surface area contributed by atoms with E-state index in [9.17, 15) is 13.6 Å². The highest BCUT2D eigenvalue weighted by atomic mass is 32.1. The minimum atomic E-state index is -0.833.